The van der Waals surface area contributed by atoms with Crippen LogP contribution in [0.3, 0.4) is 0 Å². The number of nitrogens with zero attached hydrogens (tertiary/aromatic N) is 2. The lowest BCUT2D eigenvalue weighted by atomic mass is 10.2. The van der Waals surface area contributed by atoms with E-state index in [4.69, 9.17) is 9.84 Å². The average molecular weight is 315 g/mol. The van der Waals surface area contributed by atoms with Gasteiger partial charge in [-0.1, -0.05) is 6.07 Å². The Morgan fingerprint density at radius 1 is 1.61 bits per heavy atom. The highest BCUT2D eigenvalue weighted by Gasteiger charge is 2.29. The number of ether oxygens (including phenoxy) is 1. The van der Waals surface area contributed by atoms with Gasteiger partial charge in [-0.15, -0.1) is 0 Å². The quantitative estimate of drug-likeness (QED) is 0.829. The Bertz CT molecular complexity index is 441. The predicted molar refractivity (Wildman–Crippen MR) is 69.3 cm³/mol. The van der Waals surface area contributed by atoms with Crippen molar-refractivity contribution in [2.75, 3.05) is 19.7 Å². The number of hydrogen-bond acceptors (Lipinski definition) is 4. The van der Waals surface area contributed by atoms with E-state index in [0.717, 1.165) is 0 Å². The minimum atomic E-state index is -0.315. The highest BCUT2D eigenvalue weighted by Crippen LogP contribution is 2.15. The first-order chi connectivity index (χ1) is 8.60. The van der Waals surface area contributed by atoms with Crippen molar-refractivity contribution in [3.8, 4) is 0 Å². The summed E-state index contributed by atoms with van der Waals surface area (Å²) in [7, 11) is 0. The molecule has 0 bridgehead atoms. The summed E-state index contributed by atoms with van der Waals surface area (Å²) in [4.78, 5) is 18.1. The summed E-state index contributed by atoms with van der Waals surface area (Å²) in [6.07, 6.45) is -0.392. The van der Waals surface area contributed by atoms with Gasteiger partial charge in [0.1, 0.15) is 10.3 Å². The summed E-state index contributed by atoms with van der Waals surface area (Å²) in [5.41, 5.74) is 0.398. The van der Waals surface area contributed by atoms with Crippen molar-refractivity contribution in [3.63, 3.8) is 0 Å². The Hall–Kier alpha value is -0.980. The third-order valence-electron chi connectivity index (χ3n) is 2.75. The molecule has 2 unspecified atom stereocenters. The van der Waals surface area contributed by atoms with Gasteiger partial charge in [-0.05, 0) is 35.0 Å². The number of aliphatic hydroxyl groups is 1. The molecule has 0 saturated carbocycles. The van der Waals surface area contributed by atoms with Crippen LogP contribution in [0.15, 0.2) is 22.8 Å². The number of amides is 1. The van der Waals surface area contributed by atoms with E-state index in [0.29, 0.717) is 23.4 Å². The number of carbonyl (C=O) groups is 1. The van der Waals surface area contributed by atoms with Crippen molar-refractivity contribution in [2.45, 2.75) is 19.1 Å². The Kier molecular flexibility index (Phi) is 4.31. The van der Waals surface area contributed by atoms with Gasteiger partial charge < -0.3 is 14.7 Å². The fourth-order valence-corrected chi connectivity index (χ4v) is 2.34. The van der Waals surface area contributed by atoms with E-state index in [2.05, 4.69) is 20.9 Å². The lowest BCUT2D eigenvalue weighted by Crippen LogP contribution is -2.50. The summed E-state index contributed by atoms with van der Waals surface area (Å²) in [5, 5.41) is 9.14. The van der Waals surface area contributed by atoms with E-state index in [1.165, 1.54) is 0 Å². The van der Waals surface area contributed by atoms with E-state index >= 15 is 0 Å². The molecule has 1 aromatic rings. The third-order valence-corrected chi connectivity index (χ3v) is 3.19. The van der Waals surface area contributed by atoms with Crippen molar-refractivity contribution in [1.82, 2.24) is 9.88 Å². The smallest absolute Gasteiger partial charge is 0.272 e. The normalized spacial score (nSPS) is 24.1. The molecule has 1 aliphatic rings. The van der Waals surface area contributed by atoms with Crippen LogP contribution in [0.4, 0.5) is 0 Å². The van der Waals surface area contributed by atoms with Crippen molar-refractivity contribution in [1.29, 1.82) is 0 Å². The number of morpholine rings is 1. The van der Waals surface area contributed by atoms with Crippen LogP contribution < -0.4 is 0 Å². The number of hydrogen-bond donors (Lipinski definition) is 1. The minimum Gasteiger partial charge on any atom is -0.394 e. The summed E-state index contributed by atoms with van der Waals surface area (Å²) in [6, 6.07) is 5.23. The molecule has 1 fully saturated rings. The van der Waals surface area contributed by atoms with Gasteiger partial charge in [0.15, 0.2) is 0 Å². The summed E-state index contributed by atoms with van der Waals surface area (Å²) < 4.78 is 6.13. The van der Waals surface area contributed by atoms with Crippen LogP contribution in [0.25, 0.3) is 0 Å². The van der Waals surface area contributed by atoms with Gasteiger partial charge in [-0.2, -0.15) is 0 Å². The van der Waals surface area contributed by atoms with E-state index < -0.39 is 0 Å². The van der Waals surface area contributed by atoms with Crippen LogP contribution in [0.5, 0.6) is 0 Å². The molecule has 0 aliphatic carbocycles. The molecule has 18 heavy (non-hydrogen) atoms. The van der Waals surface area contributed by atoms with Crippen molar-refractivity contribution >= 4 is 21.8 Å². The first kappa shape index (κ1) is 13.5. The maximum atomic E-state index is 12.3. The molecule has 5 nitrogen and oxygen atoms in total. The molecule has 2 rings (SSSR count). The second kappa shape index (κ2) is 5.77. The van der Waals surface area contributed by atoms with Gasteiger partial charge >= 0.3 is 0 Å². The number of pyridine rings is 1. The van der Waals surface area contributed by atoms with Crippen LogP contribution in [0, 0.1) is 0 Å². The predicted octanol–water partition coefficient (Wildman–Crippen LogP) is 1.07. The summed E-state index contributed by atoms with van der Waals surface area (Å²) in [6.45, 7) is 2.72. The van der Waals surface area contributed by atoms with Crippen LogP contribution in [-0.2, 0) is 4.74 Å². The largest absolute Gasteiger partial charge is 0.394 e. The standard InChI is InChI=1S/C12H15BrN2O3/c1-8-5-15(6-9(7-16)18-8)12(17)10-3-2-4-11(13)14-10/h2-4,8-9,16H,5-7H2,1H3. The van der Waals surface area contributed by atoms with Crippen LogP contribution in [-0.4, -0.2) is 52.8 Å². The molecule has 1 amide bonds. The molecule has 1 N–H and O–H groups in total. The molecule has 1 saturated heterocycles. The maximum Gasteiger partial charge on any atom is 0.272 e. The lowest BCUT2D eigenvalue weighted by Gasteiger charge is -2.35. The fourth-order valence-electron chi connectivity index (χ4n) is 2.00. The van der Waals surface area contributed by atoms with Gasteiger partial charge in [0, 0.05) is 13.1 Å². The highest BCUT2D eigenvalue weighted by atomic mass is 79.9. The van der Waals surface area contributed by atoms with Gasteiger partial charge in [0.05, 0.1) is 18.8 Å². The topological polar surface area (TPSA) is 62.7 Å². The summed E-state index contributed by atoms with van der Waals surface area (Å²) in [5.74, 6) is -0.134. The van der Waals surface area contributed by atoms with Gasteiger partial charge in [-0.3, -0.25) is 4.79 Å². The minimum absolute atomic E-state index is 0.0768. The zero-order valence-electron chi connectivity index (χ0n) is 10.0. The fraction of sp³-hybridized carbons (Fsp3) is 0.500. The average Bonchev–Trinajstić information content (AvgIpc) is 2.37. The second-order valence-electron chi connectivity index (χ2n) is 4.31. The molecule has 0 aromatic carbocycles. The first-order valence-electron chi connectivity index (χ1n) is 5.78. The SMILES string of the molecule is CC1CN(C(=O)c2cccc(Br)n2)CC(CO)O1. The molecular weight excluding hydrogens is 300 g/mol. The van der Waals surface area contributed by atoms with Gasteiger partial charge in [0.2, 0.25) is 0 Å². The number of rotatable bonds is 2. The second-order valence-corrected chi connectivity index (χ2v) is 5.12. The maximum absolute atomic E-state index is 12.3. The highest BCUT2D eigenvalue weighted by molar-refractivity contribution is 9.10. The van der Waals surface area contributed by atoms with E-state index in [9.17, 15) is 4.79 Å². The Morgan fingerprint density at radius 2 is 2.39 bits per heavy atom. The van der Waals surface area contributed by atoms with Crippen molar-refractivity contribution < 1.29 is 14.6 Å². The van der Waals surface area contributed by atoms with Crippen molar-refractivity contribution in [2.24, 2.45) is 0 Å². The van der Waals surface area contributed by atoms with E-state index in [-0.39, 0.29) is 24.7 Å². The van der Waals surface area contributed by atoms with Gasteiger partial charge in [-0.25, -0.2) is 4.98 Å². The third kappa shape index (κ3) is 3.07. The Morgan fingerprint density at radius 3 is 3.06 bits per heavy atom. The van der Waals surface area contributed by atoms with Crippen LogP contribution in [0.2, 0.25) is 0 Å². The van der Waals surface area contributed by atoms with E-state index in [1.807, 2.05) is 6.92 Å². The number of halogens is 1. The summed E-state index contributed by atoms with van der Waals surface area (Å²) >= 11 is 3.25. The molecule has 1 aromatic heterocycles. The molecule has 6 heteroatoms. The number of carbonyl (C=O) groups excluding carboxylic acids is 1. The Balaban J connectivity index is 2.13. The molecule has 1 aliphatic heterocycles. The van der Waals surface area contributed by atoms with Crippen molar-refractivity contribution in [3.05, 3.63) is 28.5 Å². The van der Waals surface area contributed by atoms with Crippen LogP contribution >= 0.6 is 15.9 Å². The molecule has 98 valence electrons. The molecule has 2 atom stereocenters. The van der Waals surface area contributed by atoms with E-state index in [1.54, 1.807) is 23.1 Å². The van der Waals surface area contributed by atoms with Crippen LogP contribution in [0.1, 0.15) is 17.4 Å². The lowest BCUT2D eigenvalue weighted by molar-refractivity contribution is -0.0859. The first-order valence-corrected chi connectivity index (χ1v) is 6.57. The van der Waals surface area contributed by atoms with Gasteiger partial charge in [0.25, 0.3) is 5.91 Å². The molecule has 2 heterocycles. The zero-order valence-corrected chi connectivity index (χ0v) is 11.6. The monoisotopic (exact) mass is 314 g/mol. The Labute approximate surface area is 114 Å². The molecule has 0 spiro atoms. The molecule has 0 radical (unpaired) electrons. The zero-order chi connectivity index (χ0) is 13.1. The number of aromatic nitrogens is 1. The molecular formula is C12H15BrN2O3. The number of aliphatic hydroxyl groups excluding tert-OH is 1.